The Kier molecular flexibility index (Phi) is 20.0. The summed E-state index contributed by atoms with van der Waals surface area (Å²) in [7, 11) is 0. The Hall–Kier alpha value is -6.90. The van der Waals surface area contributed by atoms with E-state index in [1.165, 1.54) is 0 Å². The fourth-order valence-corrected chi connectivity index (χ4v) is 6.35. The van der Waals surface area contributed by atoms with Crippen molar-refractivity contribution in [3.05, 3.63) is 89.5 Å². The molecule has 4 rings (SSSR count). The van der Waals surface area contributed by atoms with Crippen LogP contribution in [0, 0.1) is 20.8 Å². The van der Waals surface area contributed by atoms with E-state index in [1.807, 2.05) is 0 Å². The van der Waals surface area contributed by atoms with Crippen LogP contribution < -0.4 is 14.2 Å². The SMILES string of the molecule is C=C(C)C(=O)OCCCCCOc1ccc(-c2nc(-c3ccc(OCCCCCOC(=O)C(=C)C)c(C)c3O)nc(-c3ccc(OCCCCCOC(=O)C(=C)C)c(C)c3O)n2)c(O)c1C. The lowest BCUT2D eigenvalue weighted by Gasteiger charge is -2.16. The molecular formula is C51H63N3O12. The van der Waals surface area contributed by atoms with Gasteiger partial charge in [0.05, 0.1) is 56.3 Å². The van der Waals surface area contributed by atoms with Gasteiger partial charge in [0.2, 0.25) is 0 Å². The number of carbonyl (C=O) groups excluding carboxylic acids is 3. The van der Waals surface area contributed by atoms with Crippen LogP contribution in [0.2, 0.25) is 0 Å². The number of unbranched alkanes of at least 4 members (excludes halogenated alkanes) is 6. The zero-order valence-corrected chi connectivity index (χ0v) is 39.0. The van der Waals surface area contributed by atoms with E-state index in [-0.39, 0.29) is 51.4 Å². The molecule has 0 spiro atoms. The van der Waals surface area contributed by atoms with Crippen LogP contribution in [0.1, 0.15) is 95.2 Å². The van der Waals surface area contributed by atoms with E-state index < -0.39 is 17.9 Å². The molecule has 1 heterocycles. The minimum Gasteiger partial charge on any atom is -0.507 e. The van der Waals surface area contributed by atoms with Crippen LogP contribution in [0.25, 0.3) is 34.2 Å². The summed E-state index contributed by atoms with van der Waals surface area (Å²) in [5.74, 6) is -0.0162. The smallest absolute Gasteiger partial charge is 0.333 e. The average Bonchev–Trinajstić information content (AvgIpc) is 3.28. The first-order chi connectivity index (χ1) is 31.5. The standard InChI is InChI=1S/C51H63N3O12/c1-31(2)49(58)64-28-16-10-13-25-61-40-22-19-37(43(55)34(40)7)46-52-47(38-20-23-41(35(8)44(38)56)62-26-14-11-17-29-65-50(59)32(3)4)54-48(53-46)39-21-24-42(36(9)45(39)57)63-27-15-12-18-30-66-51(60)33(5)6/h19-24,55-57H,1,3,5,10-18,25-30H2,2,4,6-9H3. The van der Waals surface area contributed by atoms with Crippen LogP contribution in [-0.4, -0.2) is 87.8 Å². The van der Waals surface area contributed by atoms with Gasteiger partial charge in [-0.25, -0.2) is 29.3 Å². The molecule has 0 saturated heterocycles. The molecular weight excluding hydrogens is 847 g/mol. The Morgan fingerprint density at radius 1 is 0.424 bits per heavy atom. The van der Waals surface area contributed by atoms with Crippen molar-refractivity contribution in [1.29, 1.82) is 0 Å². The molecule has 4 aromatic rings. The number of esters is 3. The highest BCUT2D eigenvalue weighted by Crippen LogP contribution is 2.42. The predicted molar refractivity (Wildman–Crippen MR) is 251 cm³/mol. The lowest BCUT2D eigenvalue weighted by molar-refractivity contribution is -0.139. The van der Waals surface area contributed by atoms with Crippen molar-refractivity contribution in [3.63, 3.8) is 0 Å². The molecule has 1 aromatic heterocycles. The Balaban J connectivity index is 1.57. The molecule has 0 fully saturated rings. The fourth-order valence-electron chi connectivity index (χ4n) is 6.35. The Morgan fingerprint density at radius 3 is 0.909 bits per heavy atom. The summed E-state index contributed by atoms with van der Waals surface area (Å²) in [6.07, 6.45) is 6.35. The van der Waals surface area contributed by atoms with Gasteiger partial charge in [0.15, 0.2) is 17.5 Å². The number of nitrogens with zero attached hydrogens (tertiary/aromatic N) is 3. The summed E-state index contributed by atoms with van der Waals surface area (Å²) in [5, 5.41) is 34.7. The number of rotatable bonds is 27. The van der Waals surface area contributed by atoms with Crippen LogP contribution >= 0.6 is 0 Å². The molecule has 0 aliphatic heterocycles. The van der Waals surface area contributed by atoms with Crippen molar-refractivity contribution in [2.45, 2.75) is 99.3 Å². The molecule has 0 unspecified atom stereocenters. The third-order valence-corrected chi connectivity index (χ3v) is 10.4. The van der Waals surface area contributed by atoms with E-state index in [9.17, 15) is 29.7 Å². The third-order valence-electron chi connectivity index (χ3n) is 10.4. The first kappa shape index (κ1) is 51.7. The van der Waals surface area contributed by atoms with Gasteiger partial charge < -0.3 is 43.7 Å². The van der Waals surface area contributed by atoms with E-state index in [0.717, 1.165) is 19.3 Å². The molecule has 0 aliphatic rings. The first-order valence-corrected chi connectivity index (χ1v) is 22.1. The van der Waals surface area contributed by atoms with Crippen LogP contribution in [0.3, 0.4) is 0 Å². The second-order valence-electron chi connectivity index (χ2n) is 16.0. The highest BCUT2D eigenvalue weighted by molar-refractivity contribution is 5.87. The molecule has 354 valence electrons. The van der Waals surface area contributed by atoms with E-state index >= 15 is 0 Å². The number of aromatic nitrogens is 3. The molecule has 3 aromatic carbocycles. The van der Waals surface area contributed by atoms with Gasteiger partial charge in [0.25, 0.3) is 0 Å². The summed E-state index contributed by atoms with van der Waals surface area (Å²) < 4.78 is 33.5. The van der Waals surface area contributed by atoms with Crippen molar-refractivity contribution < 1.29 is 58.1 Å². The summed E-state index contributed by atoms with van der Waals surface area (Å²) in [4.78, 5) is 49.1. The van der Waals surface area contributed by atoms with Crippen LogP contribution in [0.5, 0.6) is 34.5 Å². The average molecular weight is 910 g/mol. The Morgan fingerprint density at radius 2 is 0.667 bits per heavy atom. The van der Waals surface area contributed by atoms with Crippen LogP contribution in [0.4, 0.5) is 0 Å². The van der Waals surface area contributed by atoms with Crippen molar-refractivity contribution in [1.82, 2.24) is 15.0 Å². The van der Waals surface area contributed by atoms with E-state index in [4.69, 9.17) is 43.4 Å². The summed E-state index contributed by atoms with van der Waals surface area (Å²) in [6, 6.07) is 10.1. The highest BCUT2D eigenvalue weighted by Gasteiger charge is 2.23. The molecule has 0 aliphatic carbocycles. The number of ether oxygens (including phenoxy) is 6. The van der Waals surface area contributed by atoms with Gasteiger partial charge in [-0.2, -0.15) is 0 Å². The number of hydrogen-bond donors (Lipinski definition) is 3. The first-order valence-electron chi connectivity index (χ1n) is 22.1. The second kappa shape index (κ2) is 25.6. The van der Waals surface area contributed by atoms with E-state index in [0.29, 0.717) is 129 Å². The maximum Gasteiger partial charge on any atom is 0.333 e. The van der Waals surface area contributed by atoms with Crippen molar-refractivity contribution in [3.8, 4) is 68.7 Å². The van der Waals surface area contributed by atoms with Crippen molar-refractivity contribution in [2.24, 2.45) is 0 Å². The van der Waals surface area contributed by atoms with Crippen LogP contribution in [-0.2, 0) is 28.6 Å². The second-order valence-corrected chi connectivity index (χ2v) is 16.0. The molecule has 0 radical (unpaired) electrons. The number of aromatic hydroxyl groups is 3. The molecule has 15 nitrogen and oxygen atoms in total. The number of carbonyl (C=O) groups is 3. The van der Waals surface area contributed by atoms with Gasteiger partial charge >= 0.3 is 17.9 Å². The van der Waals surface area contributed by atoms with Gasteiger partial charge in [-0.1, -0.05) is 19.7 Å². The monoisotopic (exact) mass is 909 g/mol. The fraction of sp³-hybridized carbons (Fsp3) is 0.412. The number of benzene rings is 3. The molecule has 3 N–H and O–H groups in total. The highest BCUT2D eigenvalue weighted by atomic mass is 16.5. The third kappa shape index (κ3) is 14.8. The van der Waals surface area contributed by atoms with Gasteiger partial charge in [-0.05, 0) is 136 Å². The lowest BCUT2D eigenvalue weighted by atomic mass is 10.1. The van der Waals surface area contributed by atoms with Gasteiger partial charge in [-0.15, -0.1) is 0 Å². The number of hydrogen-bond acceptors (Lipinski definition) is 15. The minimum absolute atomic E-state index is 0.0732. The number of phenolic OH excluding ortho intramolecular Hbond substituents is 3. The van der Waals surface area contributed by atoms with Crippen molar-refractivity contribution in [2.75, 3.05) is 39.6 Å². The topological polar surface area (TPSA) is 206 Å². The maximum atomic E-state index is 11.6. The summed E-state index contributed by atoms with van der Waals surface area (Å²) in [5.41, 5.74) is 3.21. The van der Waals surface area contributed by atoms with Gasteiger partial charge in [-0.3, -0.25) is 0 Å². The maximum absolute atomic E-state index is 11.6. The molecule has 15 heteroatoms. The largest absolute Gasteiger partial charge is 0.507 e. The zero-order chi connectivity index (χ0) is 48.3. The Labute approximate surface area is 387 Å². The van der Waals surface area contributed by atoms with Crippen LogP contribution in [0.15, 0.2) is 72.9 Å². The molecule has 0 bridgehead atoms. The summed E-state index contributed by atoms with van der Waals surface area (Å²) >= 11 is 0. The van der Waals surface area contributed by atoms with E-state index in [2.05, 4.69) is 19.7 Å². The predicted octanol–water partition coefficient (Wildman–Crippen LogP) is 9.92. The number of phenols is 3. The molecule has 0 atom stereocenters. The zero-order valence-electron chi connectivity index (χ0n) is 39.0. The lowest BCUT2D eigenvalue weighted by Crippen LogP contribution is -2.07. The van der Waals surface area contributed by atoms with E-state index in [1.54, 1.807) is 77.9 Å². The molecule has 0 amide bonds. The normalized spacial score (nSPS) is 10.8. The molecule has 66 heavy (non-hydrogen) atoms. The van der Waals surface area contributed by atoms with Crippen molar-refractivity contribution >= 4 is 17.9 Å². The quantitative estimate of drug-likeness (QED) is 0.0220. The molecule has 0 saturated carbocycles. The van der Waals surface area contributed by atoms with Gasteiger partial charge in [0.1, 0.15) is 34.5 Å². The van der Waals surface area contributed by atoms with Gasteiger partial charge in [0, 0.05) is 33.4 Å². The minimum atomic E-state index is -0.415. The summed E-state index contributed by atoms with van der Waals surface area (Å²) in [6.45, 7) is 22.7. The Bertz CT molecular complexity index is 2120.